The van der Waals surface area contributed by atoms with E-state index in [1.54, 1.807) is 29.7 Å². The van der Waals surface area contributed by atoms with Crippen molar-refractivity contribution in [3.8, 4) is 17.1 Å². The minimum Gasteiger partial charge on any atom is -0.480 e. The largest absolute Gasteiger partial charge is 0.480 e. The molecule has 0 aliphatic carbocycles. The van der Waals surface area contributed by atoms with E-state index in [2.05, 4.69) is 44.9 Å². The minimum absolute atomic E-state index is 0.181. The summed E-state index contributed by atoms with van der Waals surface area (Å²) < 4.78 is 5.11. The van der Waals surface area contributed by atoms with E-state index >= 15 is 0 Å². The maximum atomic E-state index is 12.2. The Balaban J connectivity index is 1.56. The van der Waals surface area contributed by atoms with Crippen LogP contribution in [0.3, 0.4) is 0 Å². The predicted octanol–water partition coefficient (Wildman–Crippen LogP) is 3.49. The summed E-state index contributed by atoms with van der Waals surface area (Å²) in [6.45, 7) is 2.55. The zero-order valence-electron chi connectivity index (χ0n) is 14.2. The molecule has 0 aliphatic heterocycles. The van der Waals surface area contributed by atoms with Crippen LogP contribution < -0.4 is 10.1 Å². The highest BCUT2D eigenvalue weighted by Gasteiger charge is 2.12. The van der Waals surface area contributed by atoms with E-state index in [4.69, 9.17) is 4.74 Å². The number of hydrogen-bond acceptors (Lipinski definition) is 5. The maximum Gasteiger partial charge on any atom is 0.256 e. The first kappa shape index (κ1) is 17.1. The van der Waals surface area contributed by atoms with Crippen molar-refractivity contribution < 1.29 is 9.53 Å². The van der Waals surface area contributed by atoms with Gasteiger partial charge >= 0.3 is 0 Å². The van der Waals surface area contributed by atoms with E-state index in [1.165, 1.54) is 7.11 Å². The summed E-state index contributed by atoms with van der Waals surface area (Å²) in [6, 6.07) is 11.7. The van der Waals surface area contributed by atoms with Gasteiger partial charge in [-0.05, 0) is 31.0 Å². The third-order valence-corrected chi connectivity index (χ3v) is 4.55. The molecule has 0 saturated heterocycles. The zero-order chi connectivity index (χ0) is 17.6. The SMILES string of the molecule is COc1ncccc1C(=O)NCCc1ccc(-c2csc(C)n2)cc1. The molecule has 0 bridgehead atoms. The molecule has 1 aromatic carbocycles. The van der Waals surface area contributed by atoms with Crippen molar-refractivity contribution in [2.75, 3.05) is 13.7 Å². The number of carbonyl (C=O) groups excluding carboxylic acids is 1. The molecule has 128 valence electrons. The fourth-order valence-electron chi connectivity index (χ4n) is 2.48. The van der Waals surface area contributed by atoms with Crippen LogP contribution in [0.5, 0.6) is 5.88 Å². The van der Waals surface area contributed by atoms with Crippen LogP contribution in [0, 0.1) is 6.92 Å². The number of hydrogen-bond donors (Lipinski definition) is 1. The molecule has 5 nitrogen and oxygen atoms in total. The summed E-state index contributed by atoms with van der Waals surface area (Å²) in [6.07, 6.45) is 2.35. The van der Waals surface area contributed by atoms with E-state index in [1.807, 2.05) is 6.92 Å². The van der Waals surface area contributed by atoms with Gasteiger partial charge in [-0.3, -0.25) is 4.79 Å². The molecule has 3 aromatic rings. The average Bonchev–Trinajstić information content (AvgIpc) is 3.08. The van der Waals surface area contributed by atoms with E-state index in [0.717, 1.165) is 28.2 Å². The van der Waals surface area contributed by atoms with Gasteiger partial charge in [0, 0.05) is 23.7 Å². The predicted molar refractivity (Wildman–Crippen MR) is 99.1 cm³/mol. The van der Waals surface area contributed by atoms with Crippen molar-refractivity contribution in [1.29, 1.82) is 0 Å². The fourth-order valence-corrected chi connectivity index (χ4v) is 3.10. The number of aromatic nitrogens is 2. The van der Waals surface area contributed by atoms with Crippen molar-refractivity contribution in [3.63, 3.8) is 0 Å². The topological polar surface area (TPSA) is 64.1 Å². The molecule has 0 saturated carbocycles. The van der Waals surface area contributed by atoms with E-state index < -0.39 is 0 Å². The zero-order valence-corrected chi connectivity index (χ0v) is 15.0. The van der Waals surface area contributed by atoms with Crippen LogP contribution in [0.1, 0.15) is 20.9 Å². The molecule has 2 aromatic heterocycles. The number of pyridine rings is 1. The second kappa shape index (κ2) is 7.90. The number of benzene rings is 1. The lowest BCUT2D eigenvalue weighted by atomic mass is 10.1. The molecular weight excluding hydrogens is 334 g/mol. The van der Waals surface area contributed by atoms with Crippen LogP contribution in [-0.4, -0.2) is 29.5 Å². The highest BCUT2D eigenvalue weighted by atomic mass is 32.1. The second-order valence-electron chi connectivity index (χ2n) is 5.51. The molecule has 0 unspecified atom stereocenters. The lowest BCUT2D eigenvalue weighted by molar-refractivity contribution is 0.0950. The highest BCUT2D eigenvalue weighted by Crippen LogP contribution is 2.21. The standard InChI is InChI=1S/C19H19N3O2S/c1-13-22-17(12-25-13)15-7-5-14(6-8-15)9-11-20-18(23)16-4-3-10-21-19(16)24-2/h3-8,10,12H,9,11H2,1-2H3,(H,20,23). The van der Waals surface area contributed by atoms with Crippen LogP contribution in [0.25, 0.3) is 11.3 Å². The van der Waals surface area contributed by atoms with Gasteiger partial charge < -0.3 is 10.1 Å². The average molecular weight is 353 g/mol. The lowest BCUT2D eigenvalue weighted by Crippen LogP contribution is -2.26. The number of amides is 1. The van der Waals surface area contributed by atoms with Crippen molar-refractivity contribution >= 4 is 17.2 Å². The first-order valence-corrected chi connectivity index (χ1v) is 8.84. The quantitative estimate of drug-likeness (QED) is 0.737. The van der Waals surface area contributed by atoms with Crippen molar-refractivity contribution in [2.45, 2.75) is 13.3 Å². The Morgan fingerprint density at radius 1 is 1.24 bits per heavy atom. The molecule has 2 heterocycles. The van der Waals surface area contributed by atoms with Crippen LogP contribution in [0.4, 0.5) is 0 Å². The number of nitrogens with zero attached hydrogens (tertiary/aromatic N) is 2. The number of rotatable bonds is 6. The fraction of sp³-hybridized carbons (Fsp3) is 0.211. The number of aryl methyl sites for hydroxylation is 1. The molecule has 3 rings (SSSR count). The molecule has 0 aliphatic rings. The molecule has 1 amide bonds. The number of nitrogens with one attached hydrogen (secondary N) is 1. The van der Waals surface area contributed by atoms with Crippen LogP contribution >= 0.6 is 11.3 Å². The van der Waals surface area contributed by atoms with Gasteiger partial charge in [-0.2, -0.15) is 0 Å². The first-order chi connectivity index (χ1) is 12.2. The number of methoxy groups -OCH3 is 1. The van der Waals surface area contributed by atoms with E-state index in [0.29, 0.717) is 18.0 Å². The molecule has 6 heteroatoms. The van der Waals surface area contributed by atoms with Crippen molar-refractivity contribution in [2.24, 2.45) is 0 Å². The van der Waals surface area contributed by atoms with Crippen molar-refractivity contribution in [1.82, 2.24) is 15.3 Å². The van der Waals surface area contributed by atoms with Gasteiger partial charge in [0.25, 0.3) is 5.91 Å². The molecule has 25 heavy (non-hydrogen) atoms. The summed E-state index contributed by atoms with van der Waals surface area (Å²) in [4.78, 5) is 20.7. The summed E-state index contributed by atoms with van der Waals surface area (Å²) in [5, 5.41) is 6.03. The van der Waals surface area contributed by atoms with Gasteiger partial charge in [-0.25, -0.2) is 9.97 Å². The van der Waals surface area contributed by atoms with Crippen LogP contribution in [0.2, 0.25) is 0 Å². The minimum atomic E-state index is -0.181. The van der Waals surface area contributed by atoms with Gasteiger partial charge in [-0.1, -0.05) is 24.3 Å². The van der Waals surface area contributed by atoms with Crippen molar-refractivity contribution in [3.05, 3.63) is 64.1 Å². The smallest absolute Gasteiger partial charge is 0.256 e. The molecular formula is C19H19N3O2S. The van der Waals surface area contributed by atoms with E-state index in [9.17, 15) is 4.79 Å². The summed E-state index contributed by atoms with van der Waals surface area (Å²) in [5.74, 6) is 0.155. The third-order valence-electron chi connectivity index (χ3n) is 3.78. The third kappa shape index (κ3) is 4.22. The van der Waals surface area contributed by atoms with Gasteiger partial charge in [-0.15, -0.1) is 11.3 Å². The first-order valence-electron chi connectivity index (χ1n) is 7.96. The maximum absolute atomic E-state index is 12.2. The van der Waals surface area contributed by atoms with Gasteiger partial charge in [0.2, 0.25) is 5.88 Å². The number of thiazole rings is 1. The van der Waals surface area contributed by atoms with Gasteiger partial charge in [0.05, 0.1) is 17.8 Å². The Kier molecular flexibility index (Phi) is 5.40. The Morgan fingerprint density at radius 3 is 2.72 bits per heavy atom. The number of ether oxygens (including phenoxy) is 1. The Labute approximate surface area is 150 Å². The van der Waals surface area contributed by atoms with Gasteiger partial charge in [0.1, 0.15) is 5.56 Å². The lowest BCUT2D eigenvalue weighted by Gasteiger charge is -2.08. The Bertz CT molecular complexity index is 859. The second-order valence-corrected chi connectivity index (χ2v) is 6.58. The molecule has 0 atom stereocenters. The summed E-state index contributed by atoms with van der Waals surface area (Å²) in [7, 11) is 1.50. The summed E-state index contributed by atoms with van der Waals surface area (Å²) in [5.41, 5.74) is 3.72. The summed E-state index contributed by atoms with van der Waals surface area (Å²) >= 11 is 1.65. The van der Waals surface area contributed by atoms with E-state index in [-0.39, 0.29) is 5.91 Å². The Morgan fingerprint density at radius 2 is 2.04 bits per heavy atom. The Hall–Kier alpha value is -2.73. The molecule has 1 N–H and O–H groups in total. The normalized spacial score (nSPS) is 10.5. The molecule has 0 fully saturated rings. The highest BCUT2D eigenvalue weighted by molar-refractivity contribution is 7.09. The molecule has 0 radical (unpaired) electrons. The number of carbonyl (C=O) groups is 1. The van der Waals surface area contributed by atoms with Crippen LogP contribution in [0.15, 0.2) is 48.0 Å². The monoisotopic (exact) mass is 353 g/mol. The van der Waals surface area contributed by atoms with Crippen LogP contribution in [-0.2, 0) is 6.42 Å². The molecule has 0 spiro atoms. The van der Waals surface area contributed by atoms with Gasteiger partial charge in [0.15, 0.2) is 0 Å².